The molecule has 1 unspecified atom stereocenters. The van der Waals surface area contributed by atoms with Crippen LogP contribution in [0.5, 0.6) is 5.75 Å². The van der Waals surface area contributed by atoms with E-state index in [-0.39, 0.29) is 31.4 Å². The van der Waals surface area contributed by atoms with E-state index in [0.717, 1.165) is 11.3 Å². The van der Waals surface area contributed by atoms with Crippen molar-refractivity contribution in [1.29, 1.82) is 0 Å². The van der Waals surface area contributed by atoms with Crippen molar-refractivity contribution in [2.45, 2.75) is 32.7 Å². The number of amides is 1. The molecule has 19 heavy (non-hydrogen) atoms. The molecule has 104 valence electrons. The molecule has 0 radical (unpaired) electrons. The monoisotopic (exact) mass is 265 g/mol. The van der Waals surface area contributed by atoms with E-state index in [1.807, 2.05) is 31.2 Å². The predicted molar refractivity (Wildman–Crippen MR) is 71.1 cm³/mol. The molecule has 0 aliphatic heterocycles. The summed E-state index contributed by atoms with van der Waals surface area (Å²) in [6, 6.07) is 7.20. The number of carbonyl (C=O) groups is 2. The highest BCUT2D eigenvalue weighted by molar-refractivity contribution is 5.77. The second-order valence-electron chi connectivity index (χ2n) is 4.43. The third-order valence-corrected chi connectivity index (χ3v) is 2.57. The molecule has 1 aromatic carbocycles. The van der Waals surface area contributed by atoms with Gasteiger partial charge in [0.2, 0.25) is 5.91 Å². The Hall–Kier alpha value is -2.04. The fraction of sp³-hybridized carbons (Fsp3) is 0.429. The number of hydrogen-bond acceptors (Lipinski definition) is 3. The number of aryl methyl sites for hydroxylation is 1. The van der Waals surface area contributed by atoms with Gasteiger partial charge < -0.3 is 15.2 Å². The van der Waals surface area contributed by atoms with E-state index in [2.05, 4.69) is 5.32 Å². The van der Waals surface area contributed by atoms with Gasteiger partial charge in [0.05, 0.1) is 19.4 Å². The molecule has 1 amide bonds. The smallest absolute Gasteiger partial charge is 0.305 e. The van der Waals surface area contributed by atoms with Gasteiger partial charge in [0.15, 0.2) is 0 Å². The molecule has 0 aromatic heterocycles. The molecular formula is C14H19NO4. The van der Waals surface area contributed by atoms with Crippen LogP contribution in [0.4, 0.5) is 0 Å². The van der Waals surface area contributed by atoms with Crippen molar-refractivity contribution in [3.8, 4) is 5.75 Å². The summed E-state index contributed by atoms with van der Waals surface area (Å²) in [5.41, 5.74) is 1.02. The third-order valence-electron chi connectivity index (χ3n) is 2.57. The summed E-state index contributed by atoms with van der Waals surface area (Å²) >= 11 is 0. The molecule has 0 fully saturated rings. The second kappa shape index (κ2) is 7.41. The van der Waals surface area contributed by atoms with Crippen LogP contribution in [0.3, 0.4) is 0 Å². The van der Waals surface area contributed by atoms with Crippen molar-refractivity contribution < 1.29 is 19.4 Å². The van der Waals surface area contributed by atoms with Gasteiger partial charge in [0.25, 0.3) is 0 Å². The van der Waals surface area contributed by atoms with Gasteiger partial charge >= 0.3 is 5.97 Å². The van der Waals surface area contributed by atoms with E-state index < -0.39 is 5.97 Å². The summed E-state index contributed by atoms with van der Waals surface area (Å²) in [6.45, 7) is 3.87. The van der Waals surface area contributed by atoms with Gasteiger partial charge in [0.1, 0.15) is 5.75 Å². The lowest BCUT2D eigenvalue weighted by molar-refractivity contribution is -0.137. The summed E-state index contributed by atoms with van der Waals surface area (Å²) < 4.78 is 5.49. The van der Waals surface area contributed by atoms with E-state index in [1.165, 1.54) is 0 Å². The molecule has 0 aliphatic carbocycles. The van der Waals surface area contributed by atoms with Gasteiger partial charge in [-0.2, -0.15) is 0 Å². The van der Waals surface area contributed by atoms with Gasteiger partial charge in [0, 0.05) is 6.04 Å². The van der Waals surface area contributed by atoms with E-state index in [1.54, 1.807) is 6.92 Å². The van der Waals surface area contributed by atoms with Crippen molar-refractivity contribution >= 4 is 11.9 Å². The maximum atomic E-state index is 11.5. The number of carbonyl (C=O) groups excluding carboxylic acids is 1. The molecule has 0 saturated carbocycles. The van der Waals surface area contributed by atoms with E-state index >= 15 is 0 Å². The van der Waals surface area contributed by atoms with Crippen molar-refractivity contribution in [2.24, 2.45) is 0 Å². The topological polar surface area (TPSA) is 75.6 Å². The fourth-order valence-electron chi connectivity index (χ4n) is 1.63. The molecule has 1 rings (SSSR count). The minimum atomic E-state index is -0.927. The Bertz CT molecular complexity index is 445. The van der Waals surface area contributed by atoms with Gasteiger partial charge in [-0.3, -0.25) is 9.59 Å². The lowest BCUT2D eigenvalue weighted by Crippen LogP contribution is -2.34. The van der Waals surface area contributed by atoms with Crippen LogP contribution in [-0.4, -0.2) is 29.6 Å². The number of carboxylic acid groups (broad SMARTS) is 1. The van der Waals surface area contributed by atoms with Crippen LogP contribution in [0.1, 0.15) is 25.3 Å². The van der Waals surface area contributed by atoms with E-state index in [4.69, 9.17) is 9.84 Å². The minimum Gasteiger partial charge on any atom is -0.493 e. The molecule has 1 aromatic rings. The van der Waals surface area contributed by atoms with Crippen LogP contribution >= 0.6 is 0 Å². The zero-order valence-corrected chi connectivity index (χ0v) is 11.2. The first-order valence-corrected chi connectivity index (χ1v) is 6.18. The van der Waals surface area contributed by atoms with E-state index in [9.17, 15) is 9.59 Å². The van der Waals surface area contributed by atoms with Crippen LogP contribution in [0.15, 0.2) is 24.3 Å². The maximum Gasteiger partial charge on any atom is 0.305 e. The Balaban J connectivity index is 2.28. The highest BCUT2D eigenvalue weighted by Crippen LogP contribution is 2.16. The van der Waals surface area contributed by atoms with Crippen molar-refractivity contribution in [3.05, 3.63) is 29.8 Å². The first kappa shape index (κ1) is 15.0. The maximum absolute atomic E-state index is 11.5. The lowest BCUT2D eigenvalue weighted by Gasteiger charge is -2.12. The third kappa shape index (κ3) is 5.90. The Morgan fingerprint density at radius 2 is 2.05 bits per heavy atom. The summed E-state index contributed by atoms with van der Waals surface area (Å²) in [5, 5.41) is 11.2. The van der Waals surface area contributed by atoms with Gasteiger partial charge in [-0.1, -0.05) is 18.2 Å². The quantitative estimate of drug-likeness (QED) is 0.787. The predicted octanol–water partition coefficient (Wildman–Crippen LogP) is 1.74. The normalized spacial score (nSPS) is 11.7. The summed E-state index contributed by atoms with van der Waals surface area (Å²) in [7, 11) is 0. The molecule has 5 nitrogen and oxygen atoms in total. The zero-order valence-electron chi connectivity index (χ0n) is 11.2. The second-order valence-corrected chi connectivity index (χ2v) is 4.43. The summed E-state index contributed by atoms with van der Waals surface area (Å²) in [6.07, 6.45) is 0.128. The van der Waals surface area contributed by atoms with Crippen molar-refractivity contribution in [2.75, 3.05) is 6.61 Å². The highest BCUT2D eigenvalue weighted by atomic mass is 16.5. The van der Waals surface area contributed by atoms with Crippen molar-refractivity contribution in [1.82, 2.24) is 5.32 Å². The molecule has 0 heterocycles. The van der Waals surface area contributed by atoms with Crippen LogP contribution in [0, 0.1) is 6.92 Å². The van der Waals surface area contributed by atoms with E-state index in [0.29, 0.717) is 0 Å². The largest absolute Gasteiger partial charge is 0.493 e. The summed E-state index contributed by atoms with van der Waals surface area (Å²) in [5.74, 6) is -0.375. The van der Waals surface area contributed by atoms with Crippen LogP contribution in [0.25, 0.3) is 0 Å². The molecule has 0 saturated heterocycles. The first-order chi connectivity index (χ1) is 8.99. The summed E-state index contributed by atoms with van der Waals surface area (Å²) in [4.78, 5) is 22.0. The number of aliphatic carboxylic acids is 1. The number of ether oxygens (including phenoxy) is 1. The van der Waals surface area contributed by atoms with Crippen LogP contribution in [-0.2, 0) is 9.59 Å². The van der Waals surface area contributed by atoms with Gasteiger partial charge in [-0.05, 0) is 25.5 Å². The first-order valence-electron chi connectivity index (χ1n) is 6.18. The Morgan fingerprint density at radius 3 is 2.68 bits per heavy atom. The zero-order chi connectivity index (χ0) is 14.3. The Kier molecular flexibility index (Phi) is 5.85. The highest BCUT2D eigenvalue weighted by Gasteiger charge is 2.10. The number of para-hydroxylation sites is 1. The number of carboxylic acids is 1. The molecule has 1 atom stereocenters. The molecule has 0 spiro atoms. The molecule has 2 N–H and O–H groups in total. The standard InChI is InChI=1S/C14H19NO4/c1-10-5-3-4-6-12(10)19-8-7-13(16)15-11(2)9-14(17)18/h3-6,11H,7-9H2,1-2H3,(H,15,16)(H,17,18). The number of rotatable bonds is 7. The molecule has 0 bridgehead atoms. The Labute approximate surface area is 112 Å². The molecular weight excluding hydrogens is 246 g/mol. The van der Waals surface area contributed by atoms with Crippen LogP contribution < -0.4 is 10.1 Å². The van der Waals surface area contributed by atoms with Crippen LogP contribution in [0.2, 0.25) is 0 Å². The minimum absolute atomic E-state index is 0.0790. The number of nitrogens with one attached hydrogen (secondary N) is 1. The fourth-order valence-corrected chi connectivity index (χ4v) is 1.63. The average Bonchev–Trinajstić information content (AvgIpc) is 2.30. The number of benzene rings is 1. The molecule has 0 aliphatic rings. The van der Waals surface area contributed by atoms with Gasteiger partial charge in [-0.25, -0.2) is 0 Å². The van der Waals surface area contributed by atoms with Crippen molar-refractivity contribution in [3.63, 3.8) is 0 Å². The molecule has 5 heteroatoms. The number of hydrogen-bond donors (Lipinski definition) is 2. The lowest BCUT2D eigenvalue weighted by atomic mass is 10.2. The SMILES string of the molecule is Cc1ccccc1OCCC(=O)NC(C)CC(=O)O. The average molecular weight is 265 g/mol. The van der Waals surface area contributed by atoms with Gasteiger partial charge in [-0.15, -0.1) is 0 Å². The Morgan fingerprint density at radius 1 is 1.37 bits per heavy atom.